The number of rotatable bonds is 6. The van der Waals surface area contributed by atoms with E-state index in [9.17, 15) is 4.79 Å². The van der Waals surface area contributed by atoms with Crippen LogP contribution in [0.1, 0.15) is 33.1 Å². The number of ether oxygens (including phenoxy) is 2. The lowest BCUT2D eigenvalue weighted by Gasteiger charge is -2.18. The second-order valence-electron chi connectivity index (χ2n) is 11.4. The van der Waals surface area contributed by atoms with Crippen LogP contribution in [0.25, 0.3) is 22.3 Å². The lowest BCUT2D eigenvalue weighted by Crippen LogP contribution is -2.19. The summed E-state index contributed by atoms with van der Waals surface area (Å²) >= 11 is 0. The highest BCUT2D eigenvalue weighted by atomic mass is 16.5. The van der Waals surface area contributed by atoms with Crippen molar-refractivity contribution in [2.75, 3.05) is 22.9 Å². The van der Waals surface area contributed by atoms with Gasteiger partial charge in [-0.3, -0.25) is 4.79 Å². The maximum Gasteiger partial charge on any atom is 0.200 e. The van der Waals surface area contributed by atoms with Gasteiger partial charge in [0.1, 0.15) is 0 Å². The fourth-order valence-corrected chi connectivity index (χ4v) is 6.29. The fourth-order valence-electron chi connectivity index (χ4n) is 6.29. The summed E-state index contributed by atoms with van der Waals surface area (Å²) in [5, 5.41) is 0. The van der Waals surface area contributed by atoms with E-state index in [0.717, 1.165) is 89.3 Å². The van der Waals surface area contributed by atoms with Crippen LogP contribution in [0.15, 0.2) is 144 Å². The average Bonchev–Trinajstić information content (AvgIpc) is 3.64. The third-order valence-electron chi connectivity index (χ3n) is 8.64. The zero-order chi connectivity index (χ0) is 30.8. The highest BCUT2D eigenvalue weighted by Crippen LogP contribution is 2.43. The number of hydrogen-bond acceptors (Lipinski definition) is 5. The van der Waals surface area contributed by atoms with Crippen LogP contribution in [-0.2, 0) is 4.79 Å². The summed E-state index contributed by atoms with van der Waals surface area (Å²) in [6.45, 7) is 5.74. The number of nitrogens with zero attached hydrogens (tertiary/aromatic N) is 2. The van der Waals surface area contributed by atoms with Gasteiger partial charge in [0, 0.05) is 13.1 Å². The highest BCUT2D eigenvalue weighted by Gasteiger charge is 2.27. The molecule has 45 heavy (non-hydrogen) atoms. The number of carbonyl (C=O) groups is 1. The van der Waals surface area contributed by atoms with Crippen molar-refractivity contribution in [2.45, 2.75) is 33.1 Å². The molecule has 1 saturated carbocycles. The molecule has 0 bridgehead atoms. The topological polar surface area (TPSA) is 42.0 Å². The van der Waals surface area contributed by atoms with E-state index < -0.39 is 0 Å². The molecule has 0 amide bonds. The first-order valence-corrected chi connectivity index (χ1v) is 15.8. The number of carbonyl (C=O) groups excluding carboxylic acids is 1. The van der Waals surface area contributed by atoms with Gasteiger partial charge in [0.2, 0.25) is 11.8 Å². The molecular formula is C40H36N2O3. The summed E-state index contributed by atoms with van der Waals surface area (Å²) < 4.78 is 12.5. The van der Waals surface area contributed by atoms with Crippen LogP contribution < -0.4 is 19.3 Å². The summed E-state index contributed by atoms with van der Waals surface area (Å²) in [4.78, 5) is 17.9. The second-order valence-corrected chi connectivity index (χ2v) is 11.4. The minimum Gasteiger partial charge on any atom is -0.439 e. The van der Waals surface area contributed by atoms with Gasteiger partial charge in [-0.25, -0.2) is 0 Å². The van der Waals surface area contributed by atoms with Crippen LogP contribution in [-0.4, -0.2) is 18.9 Å². The fraction of sp³-hybridized carbons (Fsp3) is 0.175. The molecule has 0 atom stereocenters. The molecule has 0 N–H and O–H groups in total. The molecule has 3 aliphatic rings. The lowest BCUT2D eigenvalue weighted by molar-refractivity contribution is -0.113. The molecule has 1 fully saturated rings. The number of anilines is 2. The largest absolute Gasteiger partial charge is 0.439 e. The average molecular weight is 593 g/mol. The summed E-state index contributed by atoms with van der Waals surface area (Å²) in [5.74, 6) is 3.22. The van der Waals surface area contributed by atoms with Crippen molar-refractivity contribution in [1.29, 1.82) is 0 Å². The van der Waals surface area contributed by atoms with E-state index in [1.54, 1.807) is 0 Å². The molecule has 7 rings (SSSR count). The van der Waals surface area contributed by atoms with Crippen molar-refractivity contribution < 1.29 is 14.3 Å². The van der Waals surface area contributed by atoms with E-state index >= 15 is 0 Å². The van der Waals surface area contributed by atoms with Gasteiger partial charge in [0.15, 0.2) is 17.3 Å². The molecule has 2 heterocycles. The first-order chi connectivity index (χ1) is 22.1. The van der Waals surface area contributed by atoms with Gasteiger partial charge in [-0.1, -0.05) is 72.8 Å². The molecule has 0 radical (unpaired) electrons. The van der Waals surface area contributed by atoms with Gasteiger partial charge in [-0.2, -0.15) is 0 Å². The van der Waals surface area contributed by atoms with E-state index in [4.69, 9.17) is 9.47 Å². The standard InChI is InChI=1S/C40H36N2O3/c1-3-41-34-26-32(28-12-7-5-8-13-28)18-22-36(34)44-38(41)24-20-30-16-11-17-31(40(30)43)21-25-39-42(4-2)35-27-33(19-23-37(35)45-39)29-14-9-6-10-15-29/h5-10,12-15,18-27H,3-4,11,16-17H2,1-2H3/b30-20+,31-21+,38-24-,39-25-. The van der Waals surface area contributed by atoms with Crippen LogP contribution in [0.4, 0.5) is 11.4 Å². The van der Waals surface area contributed by atoms with E-state index in [1.807, 2.05) is 48.6 Å². The van der Waals surface area contributed by atoms with Crippen molar-refractivity contribution >= 4 is 17.2 Å². The second kappa shape index (κ2) is 12.4. The van der Waals surface area contributed by atoms with E-state index in [0.29, 0.717) is 0 Å². The number of benzene rings is 4. The lowest BCUT2D eigenvalue weighted by atomic mass is 9.88. The Morgan fingerprint density at radius 1 is 0.578 bits per heavy atom. The SMILES string of the molecule is CCN1/C(=C/C=C2\CCC/C(=C\C=C3/Oc4ccc(-c5ccccc5)cc4N3CC)C2=O)Oc2ccc(-c3ccccc3)cc21. The van der Waals surface area contributed by atoms with E-state index in [2.05, 4.69) is 96.4 Å². The van der Waals surface area contributed by atoms with Crippen LogP contribution in [0.5, 0.6) is 11.5 Å². The van der Waals surface area contributed by atoms with Crippen LogP contribution in [0.2, 0.25) is 0 Å². The van der Waals surface area contributed by atoms with Crippen molar-refractivity contribution in [3.8, 4) is 33.8 Å². The molecule has 4 aromatic rings. The molecule has 1 aliphatic carbocycles. The molecule has 2 aliphatic heterocycles. The highest BCUT2D eigenvalue weighted by molar-refractivity contribution is 6.09. The molecule has 5 heteroatoms. The van der Waals surface area contributed by atoms with Gasteiger partial charge in [-0.15, -0.1) is 0 Å². The smallest absolute Gasteiger partial charge is 0.200 e. The third-order valence-corrected chi connectivity index (χ3v) is 8.64. The predicted molar refractivity (Wildman–Crippen MR) is 182 cm³/mol. The zero-order valence-corrected chi connectivity index (χ0v) is 25.7. The van der Waals surface area contributed by atoms with E-state index in [1.165, 1.54) is 11.1 Å². The summed E-state index contributed by atoms with van der Waals surface area (Å²) in [7, 11) is 0. The van der Waals surface area contributed by atoms with Crippen molar-refractivity contribution in [2.24, 2.45) is 0 Å². The maximum absolute atomic E-state index is 13.6. The van der Waals surface area contributed by atoms with Crippen LogP contribution >= 0.6 is 0 Å². The molecule has 0 unspecified atom stereocenters. The molecule has 0 saturated heterocycles. The van der Waals surface area contributed by atoms with Crippen molar-refractivity contribution in [3.63, 3.8) is 0 Å². The summed E-state index contributed by atoms with van der Waals surface area (Å²) in [6, 6.07) is 33.3. The van der Waals surface area contributed by atoms with Gasteiger partial charge >= 0.3 is 0 Å². The maximum atomic E-state index is 13.6. The van der Waals surface area contributed by atoms with Gasteiger partial charge in [0.05, 0.1) is 11.4 Å². The molecule has 5 nitrogen and oxygen atoms in total. The van der Waals surface area contributed by atoms with Crippen LogP contribution in [0, 0.1) is 0 Å². The van der Waals surface area contributed by atoms with Crippen LogP contribution in [0.3, 0.4) is 0 Å². The minimum absolute atomic E-state index is 0.0878. The van der Waals surface area contributed by atoms with Gasteiger partial charge in [-0.05, 0) is 115 Å². The van der Waals surface area contributed by atoms with Gasteiger partial charge < -0.3 is 19.3 Å². The number of fused-ring (bicyclic) bond motifs is 2. The third kappa shape index (κ3) is 5.58. The van der Waals surface area contributed by atoms with Gasteiger partial charge in [0.25, 0.3) is 0 Å². The Labute approximate surface area is 265 Å². The monoisotopic (exact) mass is 592 g/mol. The molecule has 224 valence electrons. The predicted octanol–water partition coefficient (Wildman–Crippen LogP) is 9.45. The number of hydrogen-bond donors (Lipinski definition) is 0. The molecular weight excluding hydrogens is 556 g/mol. The van der Waals surface area contributed by atoms with Crippen molar-refractivity contribution in [1.82, 2.24) is 0 Å². The first-order valence-electron chi connectivity index (χ1n) is 15.8. The minimum atomic E-state index is 0.0878. The Kier molecular flexibility index (Phi) is 7.83. The number of allylic oxidation sites excluding steroid dienone is 6. The normalized spacial score (nSPS) is 19.3. The molecule has 0 aromatic heterocycles. The Morgan fingerprint density at radius 2 is 1.02 bits per heavy atom. The first kappa shape index (κ1) is 28.5. The Bertz CT molecular complexity index is 1730. The Balaban J connectivity index is 1.10. The Hall–Kier alpha value is -5.29. The number of ketones is 1. The Morgan fingerprint density at radius 3 is 1.44 bits per heavy atom. The zero-order valence-electron chi connectivity index (χ0n) is 25.7. The quantitative estimate of drug-likeness (QED) is 0.209. The molecule has 0 spiro atoms. The number of Topliss-reactive ketones (excluding diaryl/α,β-unsaturated/α-hetero) is 1. The summed E-state index contributed by atoms with van der Waals surface area (Å²) in [5.41, 5.74) is 8.32. The molecule has 4 aromatic carbocycles. The summed E-state index contributed by atoms with van der Waals surface area (Å²) in [6.07, 6.45) is 10.2. The van der Waals surface area contributed by atoms with E-state index in [-0.39, 0.29) is 5.78 Å². The van der Waals surface area contributed by atoms with Crippen molar-refractivity contribution in [3.05, 3.63) is 144 Å².